The Morgan fingerprint density at radius 1 is 1.18 bits per heavy atom. The molecule has 1 aromatic carbocycles. The molecule has 1 aliphatic rings. The van der Waals surface area contributed by atoms with Crippen molar-refractivity contribution < 1.29 is 27.1 Å². The standard InChI is InChI=1S/C17H11F4N3O4/c1-3-4-23-11-6-10(9(18)5-12(11)28-8-15(23)26)24-14(25)7-13(17(19,20)21)22(2)16(24)27/h1,5-7H,4,8H2,2H3. The van der Waals surface area contributed by atoms with Crippen LogP contribution in [0.1, 0.15) is 5.69 Å². The van der Waals surface area contributed by atoms with Gasteiger partial charge in [-0.2, -0.15) is 13.2 Å². The Morgan fingerprint density at radius 3 is 2.46 bits per heavy atom. The van der Waals surface area contributed by atoms with Crippen LogP contribution in [0.15, 0.2) is 27.8 Å². The molecular formula is C17H11F4N3O4. The fraction of sp³-hybridized carbons (Fsp3) is 0.235. The fourth-order valence-corrected chi connectivity index (χ4v) is 2.77. The van der Waals surface area contributed by atoms with E-state index >= 15 is 0 Å². The maximum atomic E-state index is 14.5. The van der Waals surface area contributed by atoms with Crippen molar-refractivity contribution in [2.24, 2.45) is 7.05 Å². The second-order valence-electron chi connectivity index (χ2n) is 5.79. The van der Waals surface area contributed by atoms with Crippen molar-refractivity contribution >= 4 is 11.6 Å². The van der Waals surface area contributed by atoms with Crippen molar-refractivity contribution in [3.8, 4) is 23.8 Å². The van der Waals surface area contributed by atoms with Gasteiger partial charge in [0.05, 0.1) is 17.9 Å². The van der Waals surface area contributed by atoms with Crippen LogP contribution in [0.25, 0.3) is 5.69 Å². The molecule has 0 N–H and O–H groups in total. The number of benzene rings is 1. The third kappa shape index (κ3) is 3.02. The van der Waals surface area contributed by atoms with E-state index in [1.807, 2.05) is 0 Å². The van der Waals surface area contributed by atoms with Crippen LogP contribution in [0, 0.1) is 18.2 Å². The number of aromatic nitrogens is 2. The molecule has 0 atom stereocenters. The molecule has 0 aliphatic carbocycles. The number of amides is 1. The normalized spacial score (nSPS) is 13.7. The summed E-state index contributed by atoms with van der Waals surface area (Å²) in [7, 11) is 0.800. The number of fused-ring (bicyclic) bond motifs is 1. The van der Waals surface area contributed by atoms with Crippen molar-refractivity contribution in [1.82, 2.24) is 9.13 Å². The Hall–Kier alpha value is -3.55. The molecular weight excluding hydrogens is 386 g/mol. The van der Waals surface area contributed by atoms with E-state index in [2.05, 4.69) is 5.92 Å². The number of rotatable bonds is 2. The second-order valence-corrected chi connectivity index (χ2v) is 5.79. The zero-order valence-electron chi connectivity index (χ0n) is 14.2. The highest BCUT2D eigenvalue weighted by atomic mass is 19.4. The zero-order chi connectivity index (χ0) is 20.8. The van der Waals surface area contributed by atoms with E-state index in [4.69, 9.17) is 11.2 Å². The fourth-order valence-electron chi connectivity index (χ4n) is 2.77. The first-order valence-corrected chi connectivity index (χ1v) is 7.67. The predicted molar refractivity (Wildman–Crippen MR) is 88.9 cm³/mol. The van der Waals surface area contributed by atoms with E-state index in [0.29, 0.717) is 0 Å². The molecule has 0 bridgehead atoms. The molecule has 0 saturated carbocycles. The van der Waals surface area contributed by atoms with Crippen LogP contribution < -0.4 is 20.9 Å². The van der Waals surface area contributed by atoms with E-state index in [1.165, 1.54) is 0 Å². The molecule has 0 saturated heterocycles. The average molecular weight is 397 g/mol. The number of hydrogen-bond acceptors (Lipinski definition) is 4. The molecule has 0 radical (unpaired) electrons. The number of anilines is 1. The Bertz CT molecular complexity index is 1140. The van der Waals surface area contributed by atoms with E-state index in [1.54, 1.807) is 0 Å². The molecule has 1 amide bonds. The third-order valence-corrected chi connectivity index (χ3v) is 4.07. The highest BCUT2D eigenvalue weighted by Crippen LogP contribution is 2.35. The van der Waals surface area contributed by atoms with Crippen molar-refractivity contribution in [1.29, 1.82) is 0 Å². The van der Waals surface area contributed by atoms with Crippen molar-refractivity contribution in [2.75, 3.05) is 18.1 Å². The molecule has 0 spiro atoms. The largest absolute Gasteiger partial charge is 0.481 e. The smallest absolute Gasteiger partial charge is 0.431 e. The lowest BCUT2D eigenvalue weighted by Crippen LogP contribution is -2.42. The number of terminal acetylenes is 1. The third-order valence-electron chi connectivity index (χ3n) is 4.07. The second kappa shape index (κ2) is 6.56. The molecule has 1 aliphatic heterocycles. The molecule has 7 nitrogen and oxygen atoms in total. The number of carbonyl (C=O) groups is 1. The van der Waals surface area contributed by atoms with E-state index in [0.717, 1.165) is 24.1 Å². The average Bonchev–Trinajstić information content (AvgIpc) is 2.60. The maximum Gasteiger partial charge on any atom is 0.431 e. The number of hydrogen-bond donors (Lipinski definition) is 0. The summed E-state index contributed by atoms with van der Waals surface area (Å²) in [6.45, 7) is -0.588. The quantitative estimate of drug-likeness (QED) is 0.561. The Morgan fingerprint density at radius 2 is 1.86 bits per heavy atom. The first-order chi connectivity index (χ1) is 13.1. The maximum absolute atomic E-state index is 14.5. The lowest BCUT2D eigenvalue weighted by molar-refractivity contribution is -0.144. The van der Waals surface area contributed by atoms with Gasteiger partial charge in [-0.15, -0.1) is 6.42 Å². The van der Waals surface area contributed by atoms with E-state index in [-0.39, 0.29) is 33.2 Å². The van der Waals surface area contributed by atoms with Crippen LogP contribution in [0.3, 0.4) is 0 Å². The van der Waals surface area contributed by atoms with Gasteiger partial charge in [0.2, 0.25) is 0 Å². The van der Waals surface area contributed by atoms with Gasteiger partial charge in [0.15, 0.2) is 12.4 Å². The molecule has 146 valence electrons. The van der Waals surface area contributed by atoms with Gasteiger partial charge in [-0.1, -0.05) is 5.92 Å². The summed E-state index contributed by atoms with van der Waals surface area (Å²) in [6, 6.07) is 1.96. The van der Waals surface area contributed by atoms with Gasteiger partial charge >= 0.3 is 11.9 Å². The van der Waals surface area contributed by atoms with Crippen LogP contribution in [-0.2, 0) is 18.0 Å². The molecule has 0 unspecified atom stereocenters. The predicted octanol–water partition coefficient (Wildman–Crippen LogP) is 1.05. The number of alkyl halides is 3. The van der Waals surface area contributed by atoms with Crippen molar-refractivity contribution in [2.45, 2.75) is 6.18 Å². The zero-order valence-corrected chi connectivity index (χ0v) is 14.2. The highest BCUT2D eigenvalue weighted by molar-refractivity contribution is 5.98. The summed E-state index contributed by atoms with van der Waals surface area (Å²) < 4.78 is 59.0. The lowest BCUT2D eigenvalue weighted by atomic mass is 10.2. The topological polar surface area (TPSA) is 73.5 Å². The van der Waals surface area contributed by atoms with Crippen LogP contribution in [0.2, 0.25) is 0 Å². The molecule has 0 fully saturated rings. The lowest BCUT2D eigenvalue weighted by Gasteiger charge is -2.28. The number of nitrogens with zero attached hydrogens (tertiary/aromatic N) is 3. The van der Waals surface area contributed by atoms with Gasteiger partial charge < -0.3 is 4.74 Å². The SMILES string of the molecule is C#CCN1C(=O)COc2cc(F)c(-n3c(=O)cc(C(F)(F)F)n(C)c3=O)cc21. The summed E-state index contributed by atoms with van der Waals surface area (Å²) in [6.07, 6.45) is 0.255. The van der Waals surface area contributed by atoms with Crippen LogP contribution in [-0.4, -0.2) is 28.2 Å². The minimum Gasteiger partial charge on any atom is -0.481 e. The van der Waals surface area contributed by atoms with Crippen LogP contribution >= 0.6 is 0 Å². The van der Waals surface area contributed by atoms with Gasteiger partial charge in [-0.05, 0) is 6.07 Å². The number of ether oxygens (including phenoxy) is 1. The monoisotopic (exact) mass is 397 g/mol. The molecule has 2 heterocycles. The van der Waals surface area contributed by atoms with E-state index in [9.17, 15) is 31.9 Å². The summed E-state index contributed by atoms with van der Waals surface area (Å²) in [5.41, 5.74) is -4.94. The molecule has 2 aromatic rings. The van der Waals surface area contributed by atoms with Gasteiger partial charge in [0.1, 0.15) is 11.4 Å². The van der Waals surface area contributed by atoms with Crippen LogP contribution in [0.4, 0.5) is 23.2 Å². The minimum absolute atomic E-state index is 0.0144. The highest BCUT2D eigenvalue weighted by Gasteiger charge is 2.35. The minimum atomic E-state index is -4.95. The first-order valence-electron chi connectivity index (χ1n) is 7.67. The van der Waals surface area contributed by atoms with Crippen LogP contribution in [0.5, 0.6) is 5.75 Å². The summed E-state index contributed by atoms with van der Waals surface area (Å²) in [5.74, 6) is 0.523. The molecule has 3 rings (SSSR count). The summed E-state index contributed by atoms with van der Waals surface area (Å²) in [5, 5.41) is 0. The molecule has 11 heteroatoms. The molecule has 1 aromatic heterocycles. The van der Waals surface area contributed by atoms with Gasteiger partial charge in [0.25, 0.3) is 11.5 Å². The van der Waals surface area contributed by atoms with Gasteiger partial charge in [0, 0.05) is 19.2 Å². The number of halogens is 4. The summed E-state index contributed by atoms with van der Waals surface area (Å²) >= 11 is 0. The molecule has 28 heavy (non-hydrogen) atoms. The van der Waals surface area contributed by atoms with E-state index < -0.39 is 47.1 Å². The van der Waals surface area contributed by atoms with Gasteiger partial charge in [-0.25, -0.2) is 13.8 Å². The Labute approximate surface area is 154 Å². The van der Waals surface area contributed by atoms with Crippen molar-refractivity contribution in [3.63, 3.8) is 0 Å². The first kappa shape index (κ1) is 19.2. The Kier molecular flexibility index (Phi) is 4.50. The number of carbonyl (C=O) groups excluding carboxylic acids is 1. The summed E-state index contributed by atoms with van der Waals surface area (Å²) in [4.78, 5) is 37.6. The van der Waals surface area contributed by atoms with Gasteiger partial charge in [-0.3, -0.25) is 19.1 Å². The van der Waals surface area contributed by atoms with Crippen molar-refractivity contribution in [3.05, 3.63) is 50.5 Å². The Balaban J connectivity index is 2.28.